The molecule has 196 valence electrons. The normalized spacial score (nSPS) is 10.6. The van der Waals surface area contributed by atoms with E-state index < -0.39 is 52.0 Å². The summed E-state index contributed by atoms with van der Waals surface area (Å²) < 4.78 is 140. The molecule has 33 heteroatoms. The molecule has 0 rings (SSSR count). The molecule has 10 N–H and O–H groups in total. The molecule has 0 bridgehead atoms. The van der Waals surface area contributed by atoms with Crippen LogP contribution in [0.15, 0.2) is 0 Å². The first-order valence-electron chi connectivity index (χ1n) is 4.33. The zero-order valence-corrected chi connectivity index (χ0v) is 25.7. The molecular formula is H13Na3O25S5. The van der Waals surface area contributed by atoms with E-state index in [4.69, 9.17) is 91.1 Å². The average molecular weight is 642 g/mol. The maximum Gasteiger partial charge on any atom is 1.00 e. The average Bonchev–Trinajstić information content (AvgIpc) is 2.54. The van der Waals surface area contributed by atoms with Crippen LogP contribution in [0, 0.1) is 0 Å². The fourth-order valence-corrected chi connectivity index (χ4v) is 0. The largest absolute Gasteiger partial charge is 1.00 e. The summed E-state index contributed by atoms with van der Waals surface area (Å²) in [4.78, 5) is 0. The minimum atomic E-state index is -4.61. The first kappa shape index (κ1) is 55.6. The Morgan fingerprint density at radius 3 is 0.364 bits per heavy atom. The van der Waals surface area contributed by atoms with Crippen molar-refractivity contribution in [3.05, 3.63) is 0 Å². The van der Waals surface area contributed by atoms with Crippen LogP contribution in [-0.4, -0.2) is 91.1 Å². The standard InChI is InChI=1S/3Na.5H2O5S.3H/c;;;5*1-5-6(2,3)4;;;/h;;;5*1H,(H,2,3,4);;;/q3*+1;;;;;;3*-1. The minimum absolute atomic E-state index is 0. The molecule has 0 spiro atoms. The van der Waals surface area contributed by atoms with Crippen molar-refractivity contribution in [1.29, 1.82) is 0 Å². The van der Waals surface area contributed by atoms with Gasteiger partial charge in [-0.3, -0.25) is 22.8 Å². The molecule has 0 heterocycles. The van der Waals surface area contributed by atoms with Gasteiger partial charge in [-0.1, -0.05) is 21.7 Å². The molecule has 0 radical (unpaired) electrons. The zero-order valence-electron chi connectivity index (χ0n) is 18.6. The van der Waals surface area contributed by atoms with Gasteiger partial charge in [-0.2, -0.15) is 42.1 Å². The van der Waals surface area contributed by atoms with Crippen molar-refractivity contribution in [3.8, 4) is 0 Å². The maximum absolute atomic E-state index is 9.08. The van der Waals surface area contributed by atoms with E-state index in [1.54, 1.807) is 0 Å². The monoisotopic (exact) mass is 642 g/mol. The Hall–Kier alpha value is 2.15. The topological polar surface area (TPSA) is 419 Å². The molecule has 0 aromatic heterocycles. The maximum atomic E-state index is 9.08. The summed E-state index contributed by atoms with van der Waals surface area (Å²) in [6.07, 6.45) is 0. The Morgan fingerprint density at radius 1 is 0.333 bits per heavy atom. The van der Waals surface area contributed by atoms with E-state index in [-0.39, 0.29) is 93.0 Å². The summed E-state index contributed by atoms with van der Waals surface area (Å²) in [5, 5.41) is 35.3. The van der Waals surface area contributed by atoms with E-state index in [9.17, 15) is 0 Å². The quantitative estimate of drug-likeness (QED) is 0.0575. The molecule has 0 fully saturated rings. The summed E-state index contributed by atoms with van der Waals surface area (Å²) in [6, 6.07) is 0. The van der Waals surface area contributed by atoms with Crippen molar-refractivity contribution in [2.45, 2.75) is 0 Å². The Labute approximate surface area is 254 Å². The van der Waals surface area contributed by atoms with Crippen LogP contribution in [0.5, 0.6) is 0 Å². The second-order valence-electron chi connectivity index (χ2n) is 2.51. The van der Waals surface area contributed by atoms with Gasteiger partial charge in [0.2, 0.25) is 0 Å². The number of hydrogen-bond donors (Lipinski definition) is 10. The Morgan fingerprint density at radius 2 is 0.364 bits per heavy atom. The van der Waals surface area contributed by atoms with Crippen LogP contribution in [0.25, 0.3) is 0 Å². The third kappa shape index (κ3) is 120. The third-order valence-electron chi connectivity index (χ3n) is 0.471. The second kappa shape index (κ2) is 27.2. The summed E-state index contributed by atoms with van der Waals surface area (Å²) in [5.41, 5.74) is 0. The zero-order chi connectivity index (χ0) is 26.0. The van der Waals surface area contributed by atoms with E-state index in [1.165, 1.54) is 0 Å². The molecule has 0 saturated heterocycles. The Balaban J connectivity index is -0.0000000231. The molecule has 0 unspecified atom stereocenters. The SMILES string of the molecule is O=S(=O)(O)OO.O=S(=O)(O)OO.O=S(=O)(O)OO.O=S(=O)(O)OO.O=S(=O)(O)OO.[H-].[H-].[H-].[Na+].[Na+].[Na+]. The first-order chi connectivity index (χ1) is 12.8. The number of rotatable bonds is 5. The van der Waals surface area contributed by atoms with Crippen LogP contribution in [-0.2, 0) is 73.7 Å². The van der Waals surface area contributed by atoms with Gasteiger partial charge >= 0.3 is 141 Å². The van der Waals surface area contributed by atoms with Gasteiger partial charge in [-0.15, -0.1) is 0 Å². The molecular weight excluding hydrogens is 629 g/mol. The van der Waals surface area contributed by atoms with Gasteiger partial charge < -0.3 is 4.28 Å². The van der Waals surface area contributed by atoms with Crippen molar-refractivity contribution in [2.75, 3.05) is 0 Å². The van der Waals surface area contributed by atoms with Crippen molar-refractivity contribution >= 4 is 52.0 Å². The van der Waals surface area contributed by atoms with Crippen LogP contribution >= 0.6 is 0 Å². The molecule has 0 aliphatic carbocycles. The van der Waals surface area contributed by atoms with Crippen LogP contribution in [0.4, 0.5) is 0 Å². The molecule has 33 heavy (non-hydrogen) atoms. The van der Waals surface area contributed by atoms with E-state index in [2.05, 4.69) is 21.7 Å². The fraction of sp³-hybridized carbons (Fsp3) is 0. The van der Waals surface area contributed by atoms with Crippen LogP contribution in [0.2, 0.25) is 0 Å². The summed E-state index contributed by atoms with van der Waals surface area (Å²) in [5.74, 6) is 0. The van der Waals surface area contributed by atoms with Crippen LogP contribution < -0.4 is 88.7 Å². The van der Waals surface area contributed by atoms with Crippen LogP contribution in [0.3, 0.4) is 0 Å². The first-order valence-corrected chi connectivity index (χ1v) is 11.2. The number of hydrogen-bond acceptors (Lipinski definition) is 20. The van der Waals surface area contributed by atoms with Gasteiger partial charge in [0, 0.05) is 0 Å². The predicted octanol–water partition coefficient (Wildman–Crippen LogP) is -12.3. The van der Waals surface area contributed by atoms with Crippen molar-refractivity contribution in [2.24, 2.45) is 0 Å². The molecule has 0 saturated carbocycles. The van der Waals surface area contributed by atoms with Crippen LogP contribution in [0.1, 0.15) is 4.28 Å². The van der Waals surface area contributed by atoms with E-state index in [0.29, 0.717) is 0 Å². The van der Waals surface area contributed by atoms with Gasteiger partial charge in [0.25, 0.3) is 0 Å². The molecule has 0 aliphatic heterocycles. The second-order valence-corrected chi connectivity index (χ2v) is 7.53. The third-order valence-corrected chi connectivity index (χ3v) is 1.41. The van der Waals surface area contributed by atoms with Gasteiger partial charge in [0.15, 0.2) is 0 Å². The summed E-state index contributed by atoms with van der Waals surface area (Å²) in [6.45, 7) is 0. The minimum Gasteiger partial charge on any atom is -1.00 e. The van der Waals surface area contributed by atoms with Gasteiger partial charge in [0.1, 0.15) is 0 Å². The predicted molar refractivity (Wildman–Crippen MR) is 79.6 cm³/mol. The molecule has 0 aliphatic rings. The van der Waals surface area contributed by atoms with Gasteiger partial charge in [0.05, 0.1) is 0 Å². The molecule has 0 aromatic rings. The fourth-order valence-electron chi connectivity index (χ4n) is 0. The smallest absolute Gasteiger partial charge is 1.00 e. The molecule has 0 atom stereocenters. The van der Waals surface area contributed by atoms with E-state index in [1.807, 2.05) is 0 Å². The van der Waals surface area contributed by atoms with E-state index in [0.717, 1.165) is 0 Å². The van der Waals surface area contributed by atoms with Gasteiger partial charge in [-0.05, 0) is 0 Å². The van der Waals surface area contributed by atoms with E-state index >= 15 is 0 Å². The molecule has 25 nitrogen and oxygen atoms in total. The van der Waals surface area contributed by atoms with Crippen molar-refractivity contribution < 1.29 is 206 Å². The Bertz CT molecular complexity index is 745. The van der Waals surface area contributed by atoms with Gasteiger partial charge in [-0.25, -0.2) is 26.3 Å². The van der Waals surface area contributed by atoms with Crippen molar-refractivity contribution in [3.63, 3.8) is 0 Å². The summed E-state index contributed by atoms with van der Waals surface area (Å²) >= 11 is 0. The van der Waals surface area contributed by atoms with Crippen molar-refractivity contribution in [1.82, 2.24) is 0 Å². The Kier molecular flexibility index (Phi) is 45.8. The molecule has 0 amide bonds. The summed E-state index contributed by atoms with van der Waals surface area (Å²) in [7, 11) is -23.0. The molecule has 0 aromatic carbocycles.